The van der Waals surface area contributed by atoms with Crippen molar-refractivity contribution in [2.45, 2.75) is 26.3 Å². The zero-order chi connectivity index (χ0) is 14.5. The Hall–Kier alpha value is -1.46. The van der Waals surface area contributed by atoms with E-state index in [4.69, 9.17) is 0 Å². The van der Waals surface area contributed by atoms with Gasteiger partial charge in [0, 0.05) is 43.9 Å². The molecule has 5 heteroatoms. The molecule has 1 aromatic rings. The van der Waals surface area contributed by atoms with E-state index in [1.165, 1.54) is 0 Å². The summed E-state index contributed by atoms with van der Waals surface area (Å²) in [5.74, 6) is 0.397. The highest BCUT2D eigenvalue weighted by molar-refractivity contribution is 5.42. The third-order valence-electron chi connectivity index (χ3n) is 4.18. The van der Waals surface area contributed by atoms with Crippen LogP contribution in [0.15, 0.2) is 24.3 Å². The fraction of sp³-hybridized carbons (Fsp3) is 0.600. The molecule has 1 saturated heterocycles. The van der Waals surface area contributed by atoms with Crippen LogP contribution in [0.4, 0.5) is 5.69 Å². The second-order valence-electron chi connectivity index (χ2n) is 5.43. The van der Waals surface area contributed by atoms with Gasteiger partial charge in [0.15, 0.2) is 0 Å². The molecule has 0 amide bonds. The van der Waals surface area contributed by atoms with Gasteiger partial charge in [-0.05, 0) is 5.92 Å². The van der Waals surface area contributed by atoms with E-state index in [1.54, 1.807) is 12.1 Å². The maximum absolute atomic E-state index is 11.3. The van der Waals surface area contributed by atoms with Gasteiger partial charge in [0.05, 0.1) is 4.92 Å². The monoisotopic (exact) mass is 277 g/mol. The largest absolute Gasteiger partial charge is 0.314 e. The van der Waals surface area contributed by atoms with Gasteiger partial charge in [-0.25, -0.2) is 0 Å². The normalized spacial score (nSPS) is 19.5. The Morgan fingerprint density at radius 3 is 2.60 bits per heavy atom. The number of nitrogens with one attached hydrogen (secondary N) is 1. The van der Waals surface area contributed by atoms with Gasteiger partial charge < -0.3 is 5.32 Å². The predicted molar refractivity (Wildman–Crippen MR) is 79.7 cm³/mol. The van der Waals surface area contributed by atoms with Crippen molar-refractivity contribution in [2.24, 2.45) is 5.92 Å². The van der Waals surface area contributed by atoms with Crippen LogP contribution in [-0.2, 0) is 0 Å². The Morgan fingerprint density at radius 1 is 1.35 bits per heavy atom. The number of nitro groups is 1. The first-order valence-corrected chi connectivity index (χ1v) is 7.33. The fourth-order valence-electron chi connectivity index (χ4n) is 2.95. The summed E-state index contributed by atoms with van der Waals surface area (Å²) in [5, 5.41) is 14.6. The first-order chi connectivity index (χ1) is 9.65. The minimum Gasteiger partial charge on any atom is -0.314 e. The van der Waals surface area contributed by atoms with Crippen molar-refractivity contribution in [2.75, 3.05) is 26.2 Å². The molecular weight excluding hydrogens is 254 g/mol. The smallest absolute Gasteiger partial charge is 0.274 e. The summed E-state index contributed by atoms with van der Waals surface area (Å²) < 4.78 is 0. The van der Waals surface area contributed by atoms with Crippen molar-refractivity contribution in [3.05, 3.63) is 39.9 Å². The van der Waals surface area contributed by atoms with Gasteiger partial charge >= 0.3 is 0 Å². The highest BCUT2D eigenvalue weighted by Gasteiger charge is 2.31. The molecule has 110 valence electrons. The number of benzene rings is 1. The van der Waals surface area contributed by atoms with Crippen LogP contribution in [-0.4, -0.2) is 36.0 Å². The lowest BCUT2D eigenvalue weighted by molar-refractivity contribution is -0.386. The molecule has 5 nitrogen and oxygen atoms in total. The molecule has 1 aliphatic rings. The summed E-state index contributed by atoms with van der Waals surface area (Å²) in [7, 11) is 0. The van der Waals surface area contributed by atoms with Gasteiger partial charge in [0.2, 0.25) is 0 Å². The molecule has 0 radical (unpaired) electrons. The molecule has 0 spiro atoms. The molecule has 1 aromatic carbocycles. The van der Waals surface area contributed by atoms with Crippen molar-refractivity contribution in [3.8, 4) is 0 Å². The highest BCUT2D eigenvalue weighted by Crippen LogP contribution is 2.36. The molecular formula is C15H23N3O2. The van der Waals surface area contributed by atoms with Crippen LogP contribution in [0, 0.1) is 16.0 Å². The van der Waals surface area contributed by atoms with Crippen LogP contribution >= 0.6 is 0 Å². The van der Waals surface area contributed by atoms with Gasteiger partial charge in [0.1, 0.15) is 0 Å². The molecule has 1 fully saturated rings. The summed E-state index contributed by atoms with van der Waals surface area (Å²) in [6, 6.07) is 7.31. The number of hydrogen-bond donors (Lipinski definition) is 1. The second-order valence-corrected chi connectivity index (χ2v) is 5.43. The number of hydrogen-bond acceptors (Lipinski definition) is 4. The molecule has 0 saturated carbocycles. The molecule has 0 aliphatic carbocycles. The Bertz CT molecular complexity index is 458. The summed E-state index contributed by atoms with van der Waals surface area (Å²) in [5.41, 5.74) is 1.10. The maximum atomic E-state index is 11.3. The van der Waals surface area contributed by atoms with Gasteiger partial charge in [-0.2, -0.15) is 0 Å². The molecule has 20 heavy (non-hydrogen) atoms. The van der Waals surface area contributed by atoms with E-state index in [2.05, 4.69) is 24.1 Å². The SMILES string of the molecule is CCC(C)[C@H](c1ccccc1[N+](=O)[O-])N1CCNCC1. The molecule has 2 atom stereocenters. The maximum Gasteiger partial charge on any atom is 0.274 e. The van der Waals surface area contributed by atoms with Crippen LogP contribution in [0.2, 0.25) is 0 Å². The lowest BCUT2D eigenvalue weighted by Crippen LogP contribution is -2.46. The van der Waals surface area contributed by atoms with E-state index in [1.807, 2.05) is 12.1 Å². The van der Waals surface area contributed by atoms with Gasteiger partial charge in [-0.1, -0.05) is 38.5 Å². The number of nitro benzene ring substituents is 1. The quantitative estimate of drug-likeness (QED) is 0.664. The minimum atomic E-state index is -0.257. The molecule has 1 N–H and O–H groups in total. The second kappa shape index (κ2) is 6.81. The Morgan fingerprint density at radius 2 is 2.00 bits per heavy atom. The highest BCUT2D eigenvalue weighted by atomic mass is 16.6. The van der Waals surface area contributed by atoms with Crippen LogP contribution in [0.5, 0.6) is 0 Å². The zero-order valence-corrected chi connectivity index (χ0v) is 12.2. The number of para-hydroxylation sites is 1. The van der Waals surface area contributed by atoms with Crippen molar-refractivity contribution < 1.29 is 4.92 Å². The molecule has 1 aliphatic heterocycles. The lowest BCUT2D eigenvalue weighted by atomic mass is 9.89. The Kier molecular flexibility index (Phi) is 5.09. The minimum absolute atomic E-state index is 0.128. The van der Waals surface area contributed by atoms with Gasteiger partial charge in [-0.15, -0.1) is 0 Å². The third-order valence-corrected chi connectivity index (χ3v) is 4.18. The van der Waals surface area contributed by atoms with E-state index in [0.29, 0.717) is 5.92 Å². The number of rotatable bonds is 5. The average Bonchev–Trinajstić information content (AvgIpc) is 2.48. The van der Waals surface area contributed by atoms with E-state index in [9.17, 15) is 10.1 Å². The average molecular weight is 277 g/mol. The fourth-order valence-corrected chi connectivity index (χ4v) is 2.95. The Balaban J connectivity index is 2.37. The standard InChI is InChI=1S/C15H23N3O2/c1-3-12(2)15(17-10-8-16-9-11-17)13-6-4-5-7-14(13)18(19)20/h4-7,12,15-16H,3,8-11H2,1-2H3/t12?,15-/m1/s1. The van der Waals surface area contributed by atoms with Crippen LogP contribution in [0.25, 0.3) is 0 Å². The molecule has 2 rings (SSSR count). The summed E-state index contributed by atoms with van der Waals surface area (Å²) >= 11 is 0. The first kappa shape index (κ1) is 14.9. The lowest BCUT2D eigenvalue weighted by Gasteiger charge is -2.38. The molecule has 1 unspecified atom stereocenters. The molecule has 1 heterocycles. The molecule has 0 aromatic heterocycles. The van der Waals surface area contributed by atoms with E-state index in [0.717, 1.165) is 38.2 Å². The first-order valence-electron chi connectivity index (χ1n) is 7.33. The van der Waals surface area contributed by atoms with Crippen LogP contribution in [0.3, 0.4) is 0 Å². The zero-order valence-electron chi connectivity index (χ0n) is 12.2. The predicted octanol–water partition coefficient (Wildman–Crippen LogP) is 2.59. The van der Waals surface area contributed by atoms with E-state index < -0.39 is 0 Å². The van der Waals surface area contributed by atoms with Crippen molar-refractivity contribution in [3.63, 3.8) is 0 Å². The topological polar surface area (TPSA) is 58.4 Å². The summed E-state index contributed by atoms with van der Waals surface area (Å²) in [4.78, 5) is 13.4. The van der Waals surface area contributed by atoms with Gasteiger partial charge in [0.25, 0.3) is 5.69 Å². The van der Waals surface area contributed by atoms with Crippen LogP contribution in [0.1, 0.15) is 31.9 Å². The van der Waals surface area contributed by atoms with Crippen molar-refractivity contribution in [1.29, 1.82) is 0 Å². The number of nitrogens with zero attached hydrogens (tertiary/aromatic N) is 2. The number of piperazine rings is 1. The van der Waals surface area contributed by atoms with Crippen molar-refractivity contribution in [1.82, 2.24) is 10.2 Å². The van der Waals surface area contributed by atoms with Crippen LogP contribution < -0.4 is 5.32 Å². The molecule has 0 bridgehead atoms. The van der Waals surface area contributed by atoms with Crippen molar-refractivity contribution >= 4 is 5.69 Å². The van der Waals surface area contributed by atoms with E-state index >= 15 is 0 Å². The summed E-state index contributed by atoms with van der Waals surface area (Å²) in [6.45, 7) is 8.13. The van der Waals surface area contributed by atoms with E-state index in [-0.39, 0.29) is 16.7 Å². The van der Waals surface area contributed by atoms with Gasteiger partial charge in [-0.3, -0.25) is 15.0 Å². The Labute approximate surface area is 120 Å². The summed E-state index contributed by atoms with van der Waals surface area (Å²) in [6.07, 6.45) is 1.01. The third kappa shape index (κ3) is 3.16.